The average Bonchev–Trinajstić information content (AvgIpc) is 2.42. The summed E-state index contributed by atoms with van der Waals surface area (Å²) >= 11 is 6.03. The molecule has 2 heterocycles. The van der Waals surface area contributed by atoms with E-state index in [9.17, 15) is 4.79 Å². The van der Waals surface area contributed by atoms with Gasteiger partial charge in [0.15, 0.2) is 0 Å². The van der Waals surface area contributed by atoms with E-state index in [-0.39, 0.29) is 11.9 Å². The Labute approximate surface area is 117 Å². The Kier molecular flexibility index (Phi) is 4.99. The summed E-state index contributed by atoms with van der Waals surface area (Å²) in [5.74, 6) is 0.471. The molecule has 0 radical (unpaired) electrons. The van der Waals surface area contributed by atoms with Crippen molar-refractivity contribution in [2.45, 2.75) is 25.8 Å². The van der Waals surface area contributed by atoms with Crippen molar-refractivity contribution in [2.24, 2.45) is 0 Å². The SMILES string of the molecule is CCNc1cc(C(=O)NC2CCCOC2)c(Cl)cn1. The van der Waals surface area contributed by atoms with E-state index in [0.717, 1.165) is 26.0 Å². The monoisotopic (exact) mass is 283 g/mol. The van der Waals surface area contributed by atoms with Crippen molar-refractivity contribution in [1.82, 2.24) is 10.3 Å². The van der Waals surface area contributed by atoms with Crippen molar-refractivity contribution >= 4 is 23.3 Å². The van der Waals surface area contributed by atoms with Crippen LogP contribution >= 0.6 is 11.6 Å². The third-order valence-electron chi connectivity index (χ3n) is 2.95. The molecule has 0 bridgehead atoms. The lowest BCUT2D eigenvalue weighted by molar-refractivity contribution is 0.0624. The van der Waals surface area contributed by atoms with Crippen molar-refractivity contribution in [3.8, 4) is 0 Å². The summed E-state index contributed by atoms with van der Waals surface area (Å²) in [5.41, 5.74) is 0.443. The summed E-state index contributed by atoms with van der Waals surface area (Å²) in [7, 11) is 0. The molecule has 1 aromatic rings. The van der Waals surface area contributed by atoms with E-state index in [1.54, 1.807) is 6.07 Å². The van der Waals surface area contributed by atoms with Gasteiger partial charge in [0.05, 0.1) is 23.2 Å². The number of hydrogen-bond donors (Lipinski definition) is 2. The molecular weight excluding hydrogens is 266 g/mol. The van der Waals surface area contributed by atoms with Crippen LogP contribution in [0.1, 0.15) is 30.1 Å². The summed E-state index contributed by atoms with van der Waals surface area (Å²) in [5, 5.41) is 6.36. The Morgan fingerprint density at radius 3 is 3.16 bits per heavy atom. The molecule has 1 amide bonds. The first-order valence-electron chi connectivity index (χ1n) is 6.48. The molecule has 1 aromatic heterocycles. The van der Waals surface area contributed by atoms with Crippen LogP contribution in [-0.2, 0) is 4.74 Å². The third-order valence-corrected chi connectivity index (χ3v) is 3.25. The first-order chi connectivity index (χ1) is 9.20. The molecule has 6 heteroatoms. The van der Waals surface area contributed by atoms with Gasteiger partial charge in [-0.1, -0.05) is 11.6 Å². The molecule has 1 atom stereocenters. The number of hydrogen-bond acceptors (Lipinski definition) is 4. The van der Waals surface area contributed by atoms with Crippen molar-refractivity contribution in [3.63, 3.8) is 0 Å². The Hall–Kier alpha value is -1.33. The van der Waals surface area contributed by atoms with Gasteiger partial charge < -0.3 is 15.4 Å². The smallest absolute Gasteiger partial charge is 0.253 e. The molecule has 2 rings (SSSR count). The van der Waals surface area contributed by atoms with Crippen LogP contribution in [0.4, 0.5) is 5.82 Å². The molecule has 2 N–H and O–H groups in total. The van der Waals surface area contributed by atoms with Crippen LogP contribution in [0.3, 0.4) is 0 Å². The van der Waals surface area contributed by atoms with Gasteiger partial charge in [0, 0.05) is 19.3 Å². The minimum absolute atomic E-state index is 0.0630. The van der Waals surface area contributed by atoms with E-state index >= 15 is 0 Å². The average molecular weight is 284 g/mol. The lowest BCUT2D eigenvalue weighted by atomic mass is 10.1. The fourth-order valence-electron chi connectivity index (χ4n) is 2.01. The van der Waals surface area contributed by atoms with Gasteiger partial charge in [0.2, 0.25) is 0 Å². The van der Waals surface area contributed by atoms with Gasteiger partial charge >= 0.3 is 0 Å². The summed E-state index contributed by atoms with van der Waals surface area (Å²) < 4.78 is 5.34. The zero-order chi connectivity index (χ0) is 13.7. The topological polar surface area (TPSA) is 63.2 Å². The Morgan fingerprint density at radius 1 is 1.63 bits per heavy atom. The largest absolute Gasteiger partial charge is 0.379 e. The van der Waals surface area contributed by atoms with Crippen molar-refractivity contribution in [3.05, 3.63) is 22.8 Å². The van der Waals surface area contributed by atoms with Gasteiger partial charge in [0.25, 0.3) is 5.91 Å². The third kappa shape index (κ3) is 3.81. The lowest BCUT2D eigenvalue weighted by Crippen LogP contribution is -2.40. The highest BCUT2D eigenvalue weighted by Crippen LogP contribution is 2.18. The Balaban J connectivity index is 2.06. The number of carbonyl (C=O) groups is 1. The zero-order valence-corrected chi connectivity index (χ0v) is 11.7. The second-order valence-electron chi connectivity index (χ2n) is 4.47. The number of aromatic nitrogens is 1. The minimum atomic E-state index is -0.179. The fourth-order valence-corrected chi connectivity index (χ4v) is 2.20. The molecule has 19 heavy (non-hydrogen) atoms. The molecule has 104 valence electrons. The molecular formula is C13H18ClN3O2. The Bertz CT molecular complexity index is 448. The number of anilines is 1. The second kappa shape index (κ2) is 6.73. The van der Waals surface area contributed by atoms with E-state index < -0.39 is 0 Å². The van der Waals surface area contributed by atoms with Crippen LogP contribution < -0.4 is 10.6 Å². The van der Waals surface area contributed by atoms with Gasteiger partial charge in [-0.25, -0.2) is 4.98 Å². The van der Waals surface area contributed by atoms with Crippen LogP contribution in [0.15, 0.2) is 12.3 Å². The predicted octanol–water partition coefficient (Wildman–Crippen LogP) is 2.08. The molecule has 1 saturated heterocycles. The zero-order valence-electron chi connectivity index (χ0n) is 10.9. The summed E-state index contributed by atoms with van der Waals surface area (Å²) in [6, 6.07) is 1.73. The van der Waals surface area contributed by atoms with Crippen LogP contribution in [0, 0.1) is 0 Å². The van der Waals surface area contributed by atoms with Crippen LogP contribution in [0.5, 0.6) is 0 Å². The van der Waals surface area contributed by atoms with E-state index in [2.05, 4.69) is 15.6 Å². The highest BCUT2D eigenvalue weighted by Gasteiger charge is 2.19. The number of ether oxygens (including phenoxy) is 1. The van der Waals surface area contributed by atoms with Gasteiger partial charge in [-0.15, -0.1) is 0 Å². The number of nitrogens with zero attached hydrogens (tertiary/aromatic N) is 1. The highest BCUT2D eigenvalue weighted by atomic mass is 35.5. The number of pyridine rings is 1. The normalized spacial score (nSPS) is 18.9. The maximum Gasteiger partial charge on any atom is 0.253 e. The summed E-state index contributed by atoms with van der Waals surface area (Å²) in [6.07, 6.45) is 3.40. The molecule has 5 nitrogen and oxygen atoms in total. The van der Waals surface area contributed by atoms with Gasteiger partial charge in [-0.05, 0) is 25.8 Å². The van der Waals surface area contributed by atoms with Gasteiger partial charge in [0.1, 0.15) is 5.82 Å². The molecule has 0 saturated carbocycles. The lowest BCUT2D eigenvalue weighted by Gasteiger charge is -2.23. The van der Waals surface area contributed by atoms with Crippen LogP contribution in [-0.4, -0.2) is 36.7 Å². The Morgan fingerprint density at radius 2 is 2.47 bits per heavy atom. The number of amides is 1. The van der Waals surface area contributed by atoms with Gasteiger partial charge in [-0.2, -0.15) is 0 Å². The first kappa shape index (κ1) is 14.1. The molecule has 1 aliphatic rings. The van der Waals surface area contributed by atoms with Crippen LogP contribution in [0.2, 0.25) is 5.02 Å². The maximum atomic E-state index is 12.2. The van der Waals surface area contributed by atoms with Gasteiger partial charge in [-0.3, -0.25) is 4.79 Å². The molecule has 0 spiro atoms. The van der Waals surface area contributed by atoms with Crippen molar-refractivity contribution in [2.75, 3.05) is 25.1 Å². The van der Waals surface area contributed by atoms with E-state index in [1.807, 2.05) is 6.92 Å². The molecule has 1 aliphatic heterocycles. The molecule has 0 aromatic carbocycles. The second-order valence-corrected chi connectivity index (χ2v) is 4.87. The number of carbonyl (C=O) groups excluding carboxylic acids is 1. The van der Waals surface area contributed by atoms with E-state index in [4.69, 9.17) is 16.3 Å². The standard InChI is InChI=1S/C13H18ClN3O2/c1-2-15-12-6-10(11(14)7-16-12)13(18)17-9-4-3-5-19-8-9/h6-7,9H,2-5,8H2,1H3,(H,15,16)(H,17,18). The quantitative estimate of drug-likeness (QED) is 0.888. The van der Waals surface area contributed by atoms with E-state index in [0.29, 0.717) is 23.0 Å². The summed E-state index contributed by atoms with van der Waals surface area (Å²) in [6.45, 7) is 4.04. The van der Waals surface area contributed by atoms with Crippen molar-refractivity contribution in [1.29, 1.82) is 0 Å². The first-order valence-corrected chi connectivity index (χ1v) is 6.86. The number of rotatable bonds is 4. The number of halogens is 1. The molecule has 1 unspecified atom stereocenters. The summed E-state index contributed by atoms with van der Waals surface area (Å²) in [4.78, 5) is 16.3. The maximum absolute atomic E-state index is 12.2. The van der Waals surface area contributed by atoms with Crippen LogP contribution in [0.25, 0.3) is 0 Å². The number of nitrogens with one attached hydrogen (secondary N) is 2. The van der Waals surface area contributed by atoms with Crippen molar-refractivity contribution < 1.29 is 9.53 Å². The minimum Gasteiger partial charge on any atom is -0.379 e. The molecule has 1 fully saturated rings. The van der Waals surface area contributed by atoms with E-state index in [1.165, 1.54) is 6.20 Å². The fraction of sp³-hybridized carbons (Fsp3) is 0.538. The molecule has 0 aliphatic carbocycles. The highest BCUT2D eigenvalue weighted by molar-refractivity contribution is 6.33. The predicted molar refractivity (Wildman–Crippen MR) is 74.7 cm³/mol.